The Bertz CT molecular complexity index is 1170. The van der Waals surface area contributed by atoms with Crippen LogP contribution in [0.1, 0.15) is 5.56 Å². The molecule has 2 aromatic heterocycles. The van der Waals surface area contributed by atoms with E-state index in [1.807, 2.05) is 42.0 Å². The Balaban J connectivity index is 1.48. The molecule has 0 saturated heterocycles. The smallest absolute Gasteiger partial charge is 0.406 e. The molecule has 0 amide bonds. The molecule has 0 radical (unpaired) electrons. The summed E-state index contributed by atoms with van der Waals surface area (Å²) in [5.74, 6) is 1.22. The van der Waals surface area contributed by atoms with E-state index in [2.05, 4.69) is 30.3 Å². The maximum absolute atomic E-state index is 12.3. The van der Waals surface area contributed by atoms with E-state index in [0.717, 1.165) is 11.3 Å². The Morgan fingerprint density at radius 2 is 1.65 bits per heavy atom. The Hall–Kier alpha value is -4.08. The van der Waals surface area contributed by atoms with Crippen LogP contribution < -0.4 is 15.4 Å². The van der Waals surface area contributed by atoms with Crippen molar-refractivity contribution in [3.8, 4) is 11.4 Å². The fraction of sp³-hybridized carbons (Fsp3) is 0.0952. The van der Waals surface area contributed by atoms with Crippen LogP contribution in [0.4, 0.5) is 36.4 Å². The summed E-state index contributed by atoms with van der Waals surface area (Å²) in [5.41, 5.74) is 2.62. The van der Waals surface area contributed by atoms with Gasteiger partial charge in [-0.05, 0) is 48.9 Å². The standard InChI is InChI=1S/C21H17F3N6O/c1-14-3-2-4-16(11-14)30-10-9-25-20(30)29-19-12-18(26-13-27-19)28-15-5-7-17(8-6-15)31-21(22,23)24/h2-13H,1H3,(H2,25,26,27,28,29). The Morgan fingerprint density at radius 3 is 2.35 bits per heavy atom. The third-order valence-corrected chi connectivity index (χ3v) is 4.19. The highest BCUT2D eigenvalue weighted by Gasteiger charge is 2.30. The molecule has 31 heavy (non-hydrogen) atoms. The summed E-state index contributed by atoms with van der Waals surface area (Å²) >= 11 is 0. The van der Waals surface area contributed by atoms with Gasteiger partial charge >= 0.3 is 6.36 Å². The first-order valence-electron chi connectivity index (χ1n) is 9.18. The lowest BCUT2D eigenvalue weighted by Gasteiger charge is -2.12. The SMILES string of the molecule is Cc1cccc(-n2ccnc2Nc2cc(Nc3ccc(OC(F)(F)F)cc3)ncn2)c1. The van der Waals surface area contributed by atoms with E-state index < -0.39 is 6.36 Å². The first-order valence-corrected chi connectivity index (χ1v) is 9.18. The molecule has 4 aromatic rings. The van der Waals surface area contributed by atoms with Gasteiger partial charge < -0.3 is 15.4 Å². The average Bonchev–Trinajstić information content (AvgIpc) is 3.17. The number of ether oxygens (including phenoxy) is 1. The number of rotatable bonds is 6. The number of alkyl halides is 3. The van der Waals surface area contributed by atoms with Gasteiger partial charge in [-0.3, -0.25) is 4.57 Å². The van der Waals surface area contributed by atoms with Crippen LogP contribution in [0.15, 0.2) is 73.3 Å². The molecule has 0 aliphatic rings. The van der Waals surface area contributed by atoms with Gasteiger partial charge in [0.2, 0.25) is 5.95 Å². The number of aromatic nitrogens is 4. The van der Waals surface area contributed by atoms with E-state index in [9.17, 15) is 13.2 Å². The van der Waals surface area contributed by atoms with E-state index in [1.54, 1.807) is 12.3 Å². The summed E-state index contributed by atoms with van der Waals surface area (Å²) in [6.07, 6.45) is 0.148. The van der Waals surface area contributed by atoms with Crippen molar-refractivity contribution in [2.24, 2.45) is 0 Å². The summed E-state index contributed by atoms with van der Waals surface area (Å²) in [5, 5.41) is 6.16. The van der Waals surface area contributed by atoms with Crippen molar-refractivity contribution in [2.75, 3.05) is 10.6 Å². The van der Waals surface area contributed by atoms with E-state index in [1.165, 1.54) is 30.6 Å². The number of benzene rings is 2. The van der Waals surface area contributed by atoms with E-state index in [4.69, 9.17) is 0 Å². The van der Waals surface area contributed by atoms with Crippen LogP contribution in [-0.2, 0) is 0 Å². The summed E-state index contributed by atoms with van der Waals surface area (Å²) < 4.78 is 42.6. The zero-order valence-corrected chi connectivity index (χ0v) is 16.3. The lowest BCUT2D eigenvalue weighted by atomic mass is 10.2. The summed E-state index contributed by atoms with van der Waals surface area (Å²) in [4.78, 5) is 12.7. The second-order valence-corrected chi connectivity index (χ2v) is 6.57. The summed E-state index contributed by atoms with van der Waals surface area (Å²) in [6.45, 7) is 2.01. The number of imidazole rings is 1. The normalized spacial score (nSPS) is 11.2. The highest BCUT2D eigenvalue weighted by atomic mass is 19.4. The molecule has 0 aliphatic heterocycles. The molecule has 0 spiro atoms. The van der Waals surface area contributed by atoms with Crippen LogP contribution in [0.5, 0.6) is 5.75 Å². The van der Waals surface area contributed by atoms with Crippen LogP contribution in [0.2, 0.25) is 0 Å². The van der Waals surface area contributed by atoms with Crippen LogP contribution in [0.3, 0.4) is 0 Å². The molecule has 2 N–H and O–H groups in total. The third kappa shape index (κ3) is 5.30. The molecule has 10 heteroatoms. The van der Waals surface area contributed by atoms with Gasteiger partial charge in [0.1, 0.15) is 23.7 Å². The molecule has 0 saturated carbocycles. The quantitative estimate of drug-likeness (QED) is 0.433. The minimum Gasteiger partial charge on any atom is -0.406 e. The van der Waals surface area contributed by atoms with Crippen molar-refractivity contribution < 1.29 is 17.9 Å². The zero-order chi connectivity index (χ0) is 21.8. The molecule has 2 aromatic carbocycles. The number of hydrogen-bond donors (Lipinski definition) is 2. The maximum atomic E-state index is 12.3. The highest BCUT2D eigenvalue weighted by Crippen LogP contribution is 2.26. The van der Waals surface area contributed by atoms with Crippen molar-refractivity contribution in [2.45, 2.75) is 13.3 Å². The average molecular weight is 426 g/mol. The minimum atomic E-state index is -4.73. The van der Waals surface area contributed by atoms with Gasteiger partial charge in [-0.25, -0.2) is 15.0 Å². The van der Waals surface area contributed by atoms with Gasteiger partial charge in [0.25, 0.3) is 0 Å². The van der Waals surface area contributed by atoms with Crippen LogP contribution in [0.25, 0.3) is 5.69 Å². The molecule has 0 fully saturated rings. The molecule has 0 aliphatic carbocycles. The van der Waals surface area contributed by atoms with Crippen LogP contribution >= 0.6 is 0 Å². The van der Waals surface area contributed by atoms with Gasteiger partial charge in [0.15, 0.2) is 0 Å². The molecule has 4 rings (SSSR count). The molecule has 2 heterocycles. The molecule has 0 bridgehead atoms. The number of aryl methyl sites for hydroxylation is 1. The van der Waals surface area contributed by atoms with Gasteiger partial charge in [0, 0.05) is 29.8 Å². The van der Waals surface area contributed by atoms with Crippen molar-refractivity contribution in [3.05, 3.63) is 78.9 Å². The molecular formula is C21H17F3N6O. The minimum absolute atomic E-state index is 0.300. The summed E-state index contributed by atoms with van der Waals surface area (Å²) in [7, 11) is 0. The Labute approximate surface area is 175 Å². The second-order valence-electron chi connectivity index (χ2n) is 6.57. The van der Waals surface area contributed by atoms with Crippen LogP contribution in [-0.4, -0.2) is 25.9 Å². The fourth-order valence-corrected chi connectivity index (χ4v) is 2.88. The largest absolute Gasteiger partial charge is 0.573 e. The fourth-order valence-electron chi connectivity index (χ4n) is 2.88. The van der Waals surface area contributed by atoms with Crippen molar-refractivity contribution in [3.63, 3.8) is 0 Å². The number of hydrogen-bond acceptors (Lipinski definition) is 6. The molecule has 0 unspecified atom stereocenters. The van der Waals surface area contributed by atoms with Crippen molar-refractivity contribution >= 4 is 23.3 Å². The number of nitrogens with zero attached hydrogens (tertiary/aromatic N) is 4. The highest BCUT2D eigenvalue weighted by molar-refractivity contribution is 5.62. The zero-order valence-electron chi connectivity index (χ0n) is 16.3. The van der Waals surface area contributed by atoms with E-state index in [0.29, 0.717) is 23.3 Å². The lowest BCUT2D eigenvalue weighted by molar-refractivity contribution is -0.274. The predicted molar refractivity (Wildman–Crippen MR) is 110 cm³/mol. The molecule has 7 nitrogen and oxygen atoms in total. The van der Waals surface area contributed by atoms with Gasteiger partial charge in [-0.1, -0.05) is 12.1 Å². The number of anilines is 4. The maximum Gasteiger partial charge on any atom is 0.573 e. The van der Waals surface area contributed by atoms with Gasteiger partial charge in [0.05, 0.1) is 0 Å². The first-order chi connectivity index (χ1) is 14.9. The van der Waals surface area contributed by atoms with Crippen LogP contribution in [0, 0.1) is 6.92 Å². The Morgan fingerprint density at radius 1 is 0.903 bits per heavy atom. The number of halogens is 3. The molecule has 158 valence electrons. The van der Waals surface area contributed by atoms with Crippen molar-refractivity contribution in [1.29, 1.82) is 0 Å². The van der Waals surface area contributed by atoms with Gasteiger partial charge in [-0.15, -0.1) is 13.2 Å². The lowest BCUT2D eigenvalue weighted by Crippen LogP contribution is -2.16. The van der Waals surface area contributed by atoms with Gasteiger partial charge in [-0.2, -0.15) is 0 Å². The number of nitrogens with one attached hydrogen (secondary N) is 2. The van der Waals surface area contributed by atoms with Crippen molar-refractivity contribution in [1.82, 2.24) is 19.5 Å². The predicted octanol–water partition coefficient (Wildman–Crippen LogP) is 5.36. The Kier molecular flexibility index (Phi) is 5.44. The topological polar surface area (TPSA) is 76.9 Å². The first kappa shape index (κ1) is 20.2. The van der Waals surface area contributed by atoms with E-state index >= 15 is 0 Å². The second kappa shape index (κ2) is 8.34. The summed E-state index contributed by atoms with van der Waals surface area (Å²) in [6, 6.07) is 15.0. The third-order valence-electron chi connectivity index (χ3n) is 4.19. The molecular weight excluding hydrogens is 409 g/mol. The molecule has 0 atom stereocenters. The van der Waals surface area contributed by atoms with E-state index in [-0.39, 0.29) is 5.75 Å². The monoisotopic (exact) mass is 426 g/mol.